The molecule has 0 fully saturated rings. The molecule has 322 valence electrons. The molecule has 2 N–H and O–H groups in total. The van der Waals surface area contributed by atoms with E-state index in [1.165, 1.54) is 0 Å². The van der Waals surface area contributed by atoms with E-state index in [9.17, 15) is 29.4 Å². The average Bonchev–Trinajstić information content (AvgIpc) is 3.27. The normalized spacial score (nSPS) is 20.8. The molecule has 2 aliphatic carbocycles. The monoisotopic (exact) mass is 834 g/mol. The first-order valence-electron chi connectivity index (χ1n) is 20.5. The van der Waals surface area contributed by atoms with Crippen molar-refractivity contribution in [2.45, 2.75) is 69.9 Å². The number of esters is 4. The van der Waals surface area contributed by atoms with E-state index in [4.69, 9.17) is 28.4 Å². The molecule has 4 aliphatic rings. The molecule has 6 unspecified atom stereocenters. The minimum absolute atomic E-state index is 0.0477. The van der Waals surface area contributed by atoms with E-state index in [-0.39, 0.29) is 37.0 Å². The van der Waals surface area contributed by atoms with Crippen molar-refractivity contribution in [3.8, 4) is 0 Å². The number of benzene rings is 2. The summed E-state index contributed by atoms with van der Waals surface area (Å²) in [6, 6.07) is 18.9. The summed E-state index contributed by atoms with van der Waals surface area (Å²) in [5.74, 6) is -0.508. The second-order valence-corrected chi connectivity index (χ2v) is 14.9. The summed E-state index contributed by atoms with van der Waals surface area (Å²) in [6.07, 6.45) is 17.8. The Morgan fingerprint density at radius 2 is 1.13 bits per heavy atom. The average molecular weight is 835 g/mol. The molecule has 0 saturated carbocycles. The largest absolute Gasteiger partial charge is 0.491 e. The first-order chi connectivity index (χ1) is 29.5. The third kappa shape index (κ3) is 14.5. The molecule has 0 radical (unpaired) electrons. The van der Waals surface area contributed by atoms with Crippen molar-refractivity contribution in [1.29, 1.82) is 0 Å². The Kier molecular flexibility index (Phi) is 17.7. The number of hydrogen-bond acceptors (Lipinski definition) is 12. The first kappa shape index (κ1) is 45.8. The number of hydrogen-bond donors (Lipinski definition) is 2. The SMILES string of the molecule is C=C(C)C(=O)OCCCCC(O)COC1=CC2OC(=O)C(c3ccccc3)=CC2C=C1.C=CC(=O)OCCCCC(O)COC1=CC2OC(=O)C(c3ccccc3)=CC2C=C1. The van der Waals surface area contributed by atoms with Crippen LogP contribution in [0.1, 0.15) is 56.6 Å². The van der Waals surface area contributed by atoms with Crippen LogP contribution in [0.5, 0.6) is 0 Å². The maximum atomic E-state index is 12.4. The van der Waals surface area contributed by atoms with Gasteiger partial charge in [0.1, 0.15) is 36.9 Å². The number of aliphatic hydroxyl groups is 2. The van der Waals surface area contributed by atoms with Crippen molar-refractivity contribution < 1.29 is 57.8 Å². The van der Waals surface area contributed by atoms with Crippen LogP contribution in [0.2, 0.25) is 0 Å². The van der Waals surface area contributed by atoms with E-state index in [0.29, 0.717) is 80.0 Å². The van der Waals surface area contributed by atoms with Gasteiger partial charge in [-0.05, 0) is 80.9 Å². The summed E-state index contributed by atoms with van der Waals surface area (Å²) in [5, 5.41) is 20.2. The fraction of sp³-hybridized carbons (Fsp3) is 0.347. The van der Waals surface area contributed by atoms with Crippen LogP contribution in [0.3, 0.4) is 0 Å². The van der Waals surface area contributed by atoms with Gasteiger partial charge in [-0.2, -0.15) is 0 Å². The van der Waals surface area contributed by atoms with Crippen LogP contribution in [0.4, 0.5) is 0 Å². The topological polar surface area (TPSA) is 164 Å². The van der Waals surface area contributed by atoms with Gasteiger partial charge in [0, 0.05) is 23.5 Å². The molecule has 0 aromatic heterocycles. The molecule has 2 aromatic rings. The standard InChI is InChI=1S/C25H28O6.C24H26O6/c1-17(2)24(27)29-13-7-6-10-20(26)16-30-21-12-11-19-14-22(18-8-4-3-5-9-18)25(28)31-23(19)15-21;1-2-23(26)28-13-7-6-10-19(25)16-29-20-12-11-18-14-21(17-8-4-3-5-9-17)24(27)30-22(18)15-20/h3-5,8-9,11-12,14-15,19-20,23,26H,1,6-7,10,13,16H2,2H3;2-5,8-9,11-12,14-15,18-19,22,25H,1,6-7,10,13,16H2. The zero-order chi connectivity index (χ0) is 43.6. The number of rotatable bonds is 20. The first-order valence-corrected chi connectivity index (χ1v) is 20.5. The van der Waals surface area contributed by atoms with Crippen molar-refractivity contribution in [3.63, 3.8) is 0 Å². The van der Waals surface area contributed by atoms with Crippen LogP contribution in [-0.2, 0) is 47.6 Å². The van der Waals surface area contributed by atoms with Crippen LogP contribution in [0.25, 0.3) is 11.1 Å². The summed E-state index contributed by atoms with van der Waals surface area (Å²) in [7, 11) is 0. The van der Waals surface area contributed by atoms with E-state index in [2.05, 4.69) is 13.2 Å². The summed E-state index contributed by atoms with van der Waals surface area (Å²) in [5.41, 5.74) is 3.17. The second-order valence-electron chi connectivity index (χ2n) is 14.9. The van der Waals surface area contributed by atoms with Gasteiger partial charge < -0.3 is 38.6 Å². The molecule has 12 heteroatoms. The number of fused-ring (bicyclic) bond motifs is 2. The predicted octanol–water partition coefficient (Wildman–Crippen LogP) is 7.07. The second kappa shape index (κ2) is 23.5. The highest BCUT2D eigenvalue weighted by Gasteiger charge is 2.33. The summed E-state index contributed by atoms with van der Waals surface area (Å²) in [4.78, 5) is 47.0. The molecule has 6 atom stereocenters. The fourth-order valence-corrected chi connectivity index (χ4v) is 6.60. The Balaban J connectivity index is 0.000000231. The molecule has 0 amide bonds. The number of unbranched alkanes of at least 4 members (excludes halogenated alkanes) is 2. The Hall–Kier alpha value is -6.24. The number of carbonyl (C=O) groups is 4. The van der Waals surface area contributed by atoms with Gasteiger partial charge >= 0.3 is 23.9 Å². The predicted molar refractivity (Wildman–Crippen MR) is 229 cm³/mol. The van der Waals surface area contributed by atoms with Gasteiger partial charge in [-0.3, -0.25) is 0 Å². The molecule has 0 spiro atoms. The van der Waals surface area contributed by atoms with Crippen LogP contribution >= 0.6 is 0 Å². The minimum Gasteiger partial charge on any atom is -0.491 e. The van der Waals surface area contributed by atoms with Gasteiger partial charge in [0.15, 0.2) is 0 Å². The van der Waals surface area contributed by atoms with Gasteiger partial charge in [-0.25, -0.2) is 19.2 Å². The van der Waals surface area contributed by atoms with Gasteiger partial charge in [0.25, 0.3) is 0 Å². The van der Waals surface area contributed by atoms with Gasteiger partial charge in [-0.15, -0.1) is 0 Å². The Morgan fingerprint density at radius 3 is 1.56 bits per heavy atom. The number of allylic oxidation sites excluding steroid dienone is 2. The summed E-state index contributed by atoms with van der Waals surface area (Å²) >= 11 is 0. The minimum atomic E-state index is -0.637. The number of carbonyl (C=O) groups excluding carboxylic acids is 4. The Bertz CT molecular complexity index is 2040. The number of ether oxygens (including phenoxy) is 6. The van der Waals surface area contributed by atoms with Crippen LogP contribution in [0.15, 0.2) is 146 Å². The van der Waals surface area contributed by atoms with E-state index in [1.807, 2.05) is 97.1 Å². The summed E-state index contributed by atoms with van der Waals surface area (Å²) < 4.78 is 32.4. The zero-order valence-electron chi connectivity index (χ0n) is 34.4. The Labute approximate surface area is 356 Å². The lowest BCUT2D eigenvalue weighted by Crippen LogP contribution is -2.30. The van der Waals surface area contributed by atoms with Crippen molar-refractivity contribution in [1.82, 2.24) is 0 Å². The van der Waals surface area contributed by atoms with Crippen LogP contribution in [0, 0.1) is 11.8 Å². The highest BCUT2D eigenvalue weighted by atomic mass is 16.6. The van der Waals surface area contributed by atoms with Crippen molar-refractivity contribution in [2.75, 3.05) is 26.4 Å². The lowest BCUT2D eigenvalue weighted by atomic mass is 9.90. The molecule has 2 aromatic carbocycles. The van der Waals surface area contributed by atoms with Crippen molar-refractivity contribution in [3.05, 3.63) is 157 Å². The van der Waals surface area contributed by atoms with Gasteiger partial charge in [0.05, 0.1) is 36.6 Å². The molecular weight excluding hydrogens is 781 g/mol. The van der Waals surface area contributed by atoms with E-state index < -0.39 is 36.4 Å². The molecule has 61 heavy (non-hydrogen) atoms. The highest BCUT2D eigenvalue weighted by molar-refractivity contribution is 6.18. The van der Waals surface area contributed by atoms with Crippen molar-refractivity contribution >= 4 is 35.0 Å². The maximum absolute atomic E-state index is 12.4. The molecule has 6 rings (SSSR count). The third-order valence-corrected chi connectivity index (χ3v) is 9.94. The van der Waals surface area contributed by atoms with Crippen LogP contribution < -0.4 is 0 Å². The third-order valence-electron chi connectivity index (χ3n) is 9.94. The highest BCUT2D eigenvalue weighted by Crippen LogP contribution is 2.33. The molecule has 0 bridgehead atoms. The lowest BCUT2D eigenvalue weighted by Gasteiger charge is -2.29. The van der Waals surface area contributed by atoms with Gasteiger partial charge in [0.2, 0.25) is 0 Å². The fourth-order valence-electron chi connectivity index (χ4n) is 6.60. The smallest absolute Gasteiger partial charge is 0.339 e. The van der Waals surface area contributed by atoms with Crippen molar-refractivity contribution in [2.24, 2.45) is 11.8 Å². The van der Waals surface area contributed by atoms with Crippen LogP contribution in [-0.4, -0.2) is 84.9 Å². The maximum Gasteiger partial charge on any atom is 0.339 e. The Morgan fingerprint density at radius 1 is 0.689 bits per heavy atom. The molecule has 0 saturated heterocycles. The molecule has 2 heterocycles. The zero-order valence-corrected chi connectivity index (χ0v) is 34.4. The van der Waals surface area contributed by atoms with Gasteiger partial charge in [-0.1, -0.05) is 98.1 Å². The lowest BCUT2D eigenvalue weighted by molar-refractivity contribution is -0.142. The quantitative estimate of drug-likeness (QED) is 0.0605. The van der Waals surface area contributed by atoms with E-state index >= 15 is 0 Å². The van der Waals surface area contributed by atoms with E-state index in [0.717, 1.165) is 17.2 Å². The summed E-state index contributed by atoms with van der Waals surface area (Å²) in [6.45, 7) is 9.35. The molecule has 12 nitrogen and oxygen atoms in total. The molecular formula is C49H54O12. The molecule has 2 aliphatic heterocycles. The van der Waals surface area contributed by atoms with E-state index in [1.54, 1.807) is 19.1 Å². The number of aliphatic hydroxyl groups excluding tert-OH is 2.